The Balaban J connectivity index is 1.50. The van der Waals surface area contributed by atoms with Crippen LogP contribution in [0.3, 0.4) is 0 Å². The highest BCUT2D eigenvalue weighted by molar-refractivity contribution is 5.94. The molecule has 3 atom stereocenters. The Kier molecular flexibility index (Phi) is 4.12. The molecule has 5 nitrogen and oxygen atoms in total. The predicted molar refractivity (Wildman–Crippen MR) is 103 cm³/mol. The van der Waals surface area contributed by atoms with E-state index in [2.05, 4.69) is 26.9 Å². The fourth-order valence-electron chi connectivity index (χ4n) is 5.46. The highest BCUT2D eigenvalue weighted by atomic mass is 16.5. The van der Waals surface area contributed by atoms with Gasteiger partial charge < -0.3 is 9.64 Å². The van der Waals surface area contributed by atoms with Crippen LogP contribution in [-0.2, 0) is 0 Å². The number of amides is 1. The Morgan fingerprint density at radius 2 is 1.74 bits per heavy atom. The SMILES string of the molecule is COc1ccc([C@@H]2CN(C(=O)c3ccncc3)[C@@H]3C4CCN(CC4)[C@@H]32)cc1. The number of nitrogens with zero attached hydrogens (tertiary/aromatic N) is 3. The summed E-state index contributed by atoms with van der Waals surface area (Å²) in [5.74, 6) is 2.00. The van der Waals surface area contributed by atoms with E-state index in [0.29, 0.717) is 23.9 Å². The molecule has 1 aromatic carbocycles. The Bertz CT molecular complexity index is 815. The highest BCUT2D eigenvalue weighted by Crippen LogP contribution is 2.47. The molecule has 4 fully saturated rings. The topological polar surface area (TPSA) is 45.7 Å². The third-order valence-electron chi connectivity index (χ3n) is 6.73. The van der Waals surface area contributed by atoms with Crippen LogP contribution in [0.2, 0.25) is 0 Å². The van der Waals surface area contributed by atoms with Crippen LogP contribution < -0.4 is 4.74 Å². The maximum absolute atomic E-state index is 13.3. The monoisotopic (exact) mass is 363 g/mol. The molecule has 1 aromatic heterocycles. The molecular weight excluding hydrogens is 338 g/mol. The van der Waals surface area contributed by atoms with Gasteiger partial charge in [-0.1, -0.05) is 12.1 Å². The molecule has 0 saturated carbocycles. The van der Waals surface area contributed by atoms with Crippen molar-refractivity contribution in [3.05, 3.63) is 59.9 Å². The van der Waals surface area contributed by atoms with Gasteiger partial charge in [-0.3, -0.25) is 14.7 Å². The molecule has 0 unspecified atom stereocenters. The Morgan fingerprint density at radius 1 is 1.04 bits per heavy atom. The number of hydrogen-bond acceptors (Lipinski definition) is 4. The zero-order valence-corrected chi connectivity index (χ0v) is 15.6. The Hall–Kier alpha value is -2.40. The van der Waals surface area contributed by atoms with Gasteiger partial charge in [0.15, 0.2) is 0 Å². The lowest BCUT2D eigenvalue weighted by Crippen LogP contribution is -2.60. The van der Waals surface area contributed by atoms with Crippen molar-refractivity contribution in [2.75, 3.05) is 26.7 Å². The molecule has 5 heteroatoms. The van der Waals surface area contributed by atoms with Crippen molar-refractivity contribution in [1.29, 1.82) is 0 Å². The molecule has 4 aliphatic heterocycles. The lowest BCUT2D eigenvalue weighted by Gasteiger charge is -2.51. The number of ether oxygens (including phenoxy) is 1. The number of piperidine rings is 3. The van der Waals surface area contributed by atoms with Crippen molar-refractivity contribution < 1.29 is 9.53 Å². The summed E-state index contributed by atoms with van der Waals surface area (Å²) in [7, 11) is 1.70. The van der Waals surface area contributed by atoms with Crippen molar-refractivity contribution in [1.82, 2.24) is 14.8 Å². The lowest BCUT2D eigenvalue weighted by molar-refractivity contribution is -0.00341. The second kappa shape index (κ2) is 6.64. The van der Waals surface area contributed by atoms with E-state index in [-0.39, 0.29) is 5.91 Å². The van der Waals surface area contributed by atoms with E-state index in [9.17, 15) is 4.79 Å². The van der Waals surface area contributed by atoms with Crippen LogP contribution in [0.5, 0.6) is 5.75 Å². The highest BCUT2D eigenvalue weighted by Gasteiger charge is 2.54. The van der Waals surface area contributed by atoms with Gasteiger partial charge in [0.1, 0.15) is 5.75 Å². The molecule has 4 aliphatic rings. The predicted octanol–water partition coefficient (Wildman–Crippen LogP) is 2.79. The molecule has 4 saturated heterocycles. The number of methoxy groups -OCH3 is 1. The summed E-state index contributed by atoms with van der Waals surface area (Å²) in [4.78, 5) is 22.2. The van der Waals surface area contributed by atoms with Gasteiger partial charge in [-0.15, -0.1) is 0 Å². The van der Waals surface area contributed by atoms with Gasteiger partial charge in [0.05, 0.1) is 13.2 Å². The number of aromatic nitrogens is 1. The average molecular weight is 363 g/mol. The number of benzene rings is 1. The second-order valence-corrected chi connectivity index (χ2v) is 7.93. The molecule has 0 aliphatic carbocycles. The molecule has 6 rings (SSSR count). The summed E-state index contributed by atoms with van der Waals surface area (Å²) >= 11 is 0. The second-order valence-electron chi connectivity index (χ2n) is 7.93. The van der Waals surface area contributed by atoms with E-state index in [4.69, 9.17) is 4.74 Å². The first-order chi connectivity index (χ1) is 13.3. The number of carbonyl (C=O) groups is 1. The molecule has 0 spiro atoms. The first-order valence-electron chi connectivity index (χ1n) is 9.85. The number of rotatable bonds is 3. The molecular formula is C22H25N3O2. The van der Waals surface area contributed by atoms with Crippen molar-refractivity contribution in [3.8, 4) is 5.75 Å². The number of likely N-dealkylation sites (tertiary alicyclic amines) is 1. The van der Waals surface area contributed by atoms with Gasteiger partial charge in [0.25, 0.3) is 5.91 Å². The summed E-state index contributed by atoms with van der Waals surface area (Å²) < 4.78 is 5.32. The normalized spacial score (nSPS) is 31.6. The summed E-state index contributed by atoms with van der Waals surface area (Å²) in [6.07, 6.45) is 5.82. The zero-order chi connectivity index (χ0) is 18.4. The van der Waals surface area contributed by atoms with Gasteiger partial charge >= 0.3 is 0 Å². The van der Waals surface area contributed by atoms with Crippen LogP contribution in [0.15, 0.2) is 48.8 Å². The van der Waals surface area contributed by atoms with Crippen molar-refractivity contribution in [2.24, 2.45) is 5.92 Å². The molecule has 0 radical (unpaired) electrons. The molecule has 0 N–H and O–H groups in total. The Morgan fingerprint density at radius 3 is 2.41 bits per heavy atom. The summed E-state index contributed by atoms with van der Waals surface area (Å²) in [5, 5.41) is 0. The minimum atomic E-state index is 0.150. The van der Waals surface area contributed by atoms with Crippen LogP contribution >= 0.6 is 0 Å². The number of fused-ring (bicyclic) bond motifs is 2. The molecule has 1 amide bonds. The van der Waals surface area contributed by atoms with Crippen LogP contribution in [-0.4, -0.2) is 59.5 Å². The van der Waals surface area contributed by atoms with E-state index in [1.807, 2.05) is 24.3 Å². The van der Waals surface area contributed by atoms with Crippen molar-refractivity contribution in [2.45, 2.75) is 30.8 Å². The summed E-state index contributed by atoms with van der Waals surface area (Å²) in [5.41, 5.74) is 2.05. The van der Waals surface area contributed by atoms with Crippen LogP contribution in [0.1, 0.15) is 34.7 Å². The van der Waals surface area contributed by atoms with Crippen LogP contribution in [0, 0.1) is 5.92 Å². The van der Waals surface area contributed by atoms with Gasteiger partial charge in [0, 0.05) is 36.5 Å². The molecule has 140 valence electrons. The fraction of sp³-hybridized carbons (Fsp3) is 0.455. The Labute approximate surface area is 159 Å². The van der Waals surface area contributed by atoms with Gasteiger partial charge in [0.2, 0.25) is 0 Å². The molecule has 27 heavy (non-hydrogen) atoms. The molecule has 2 bridgehead atoms. The molecule has 5 heterocycles. The first kappa shape index (κ1) is 16.8. The summed E-state index contributed by atoms with van der Waals surface area (Å²) in [6, 6.07) is 12.8. The van der Waals surface area contributed by atoms with E-state index in [1.165, 1.54) is 18.4 Å². The van der Waals surface area contributed by atoms with Gasteiger partial charge in [-0.05, 0) is 61.7 Å². The smallest absolute Gasteiger partial charge is 0.254 e. The van der Waals surface area contributed by atoms with Crippen LogP contribution in [0.4, 0.5) is 0 Å². The van der Waals surface area contributed by atoms with Crippen LogP contribution in [0.25, 0.3) is 0 Å². The first-order valence-corrected chi connectivity index (χ1v) is 9.85. The maximum Gasteiger partial charge on any atom is 0.254 e. The van der Waals surface area contributed by atoms with Crippen molar-refractivity contribution >= 4 is 5.91 Å². The van der Waals surface area contributed by atoms with E-state index in [0.717, 1.165) is 30.9 Å². The number of hydrogen-bond donors (Lipinski definition) is 0. The minimum absolute atomic E-state index is 0.150. The number of pyridine rings is 1. The fourth-order valence-corrected chi connectivity index (χ4v) is 5.46. The van der Waals surface area contributed by atoms with Crippen molar-refractivity contribution in [3.63, 3.8) is 0 Å². The van der Waals surface area contributed by atoms with E-state index in [1.54, 1.807) is 19.5 Å². The van der Waals surface area contributed by atoms with Gasteiger partial charge in [-0.2, -0.15) is 0 Å². The largest absolute Gasteiger partial charge is 0.497 e. The molecule has 2 aromatic rings. The summed E-state index contributed by atoms with van der Waals surface area (Å²) in [6.45, 7) is 3.11. The number of carbonyl (C=O) groups excluding carboxylic acids is 1. The lowest BCUT2D eigenvalue weighted by atomic mass is 9.75. The third kappa shape index (κ3) is 2.72. The van der Waals surface area contributed by atoms with E-state index < -0.39 is 0 Å². The van der Waals surface area contributed by atoms with E-state index >= 15 is 0 Å². The standard InChI is InChI=1S/C22H25N3O2/c1-27-18-4-2-15(3-5-18)19-14-25(22(26)17-6-10-23-11-7-17)20-16-8-12-24(13-9-16)21(19)20/h2-7,10-11,16,19-21H,8-9,12-14H2,1H3/t19-,20+,21+/m0/s1. The average Bonchev–Trinajstić information content (AvgIpc) is 3.18. The van der Waals surface area contributed by atoms with Gasteiger partial charge in [-0.25, -0.2) is 0 Å². The zero-order valence-electron chi connectivity index (χ0n) is 15.6. The minimum Gasteiger partial charge on any atom is -0.497 e. The quantitative estimate of drug-likeness (QED) is 0.841. The maximum atomic E-state index is 13.3. The third-order valence-corrected chi connectivity index (χ3v) is 6.73.